The summed E-state index contributed by atoms with van der Waals surface area (Å²) in [5.74, 6) is 0.342. The predicted octanol–water partition coefficient (Wildman–Crippen LogP) is 3.89. The Labute approximate surface area is 134 Å². The molecule has 1 saturated heterocycles. The molecule has 1 aliphatic rings. The Kier molecular flexibility index (Phi) is 5.07. The first kappa shape index (κ1) is 15.8. The molecule has 2 rings (SSSR count). The van der Waals surface area contributed by atoms with E-state index in [1.165, 1.54) is 0 Å². The predicted molar refractivity (Wildman–Crippen MR) is 91.0 cm³/mol. The van der Waals surface area contributed by atoms with Crippen molar-refractivity contribution in [1.82, 2.24) is 0 Å². The molecule has 0 radical (unpaired) electrons. The number of ether oxygens (including phenoxy) is 1. The molecule has 0 bridgehead atoms. The monoisotopic (exact) mass is 387 g/mol. The van der Waals surface area contributed by atoms with Crippen LogP contribution in [0.4, 0.5) is 0 Å². The number of benzene rings is 1. The molecule has 1 aliphatic heterocycles. The van der Waals surface area contributed by atoms with Gasteiger partial charge in [0, 0.05) is 27.5 Å². The number of nitrogens with zero attached hydrogens (tertiary/aromatic N) is 1. The molecule has 0 aromatic heterocycles. The molecule has 1 fully saturated rings. The molecule has 1 aromatic rings. The van der Waals surface area contributed by atoms with E-state index < -0.39 is 0 Å². The SMILES string of the molecule is CC(C)(C)c1cc(I)cc(C=NCC2CCCO2)c1O. The normalized spacial score (nSPS) is 19.9. The number of hydrogen-bond acceptors (Lipinski definition) is 3. The topological polar surface area (TPSA) is 41.8 Å². The molecular weight excluding hydrogens is 365 g/mol. The average molecular weight is 387 g/mol. The van der Waals surface area contributed by atoms with Crippen molar-refractivity contribution < 1.29 is 9.84 Å². The number of rotatable bonds is 3. The zero-order valence-corrected chi connectivity index (χ0v) is 14.5. The highest BCUT2D eigenvalue weighted by atomic mass is 127. The van der Waals surface area contributed by atoms with E-state index in [1.54, 1.807) is 6.21 Å². The van der Waals surface area contributed by atoms with Gasteiger partial charge < -0.3 is 9.84 Å². The fourth-order valence-corrected chi connectivity index (χ4v) is 2.99. The largest absolute Gasteiger partial charge is 0.507 e. The maximum Gasteiger partial charge on any atom is 0.128 e. The first-order valence-corrected chi connectivity index (χ1v) is 8.10. The number of aliphatic imine (C=N–C) groups is 1. The lowest BCUT2D eigenvalue weighted by Crippen LogP contribution is -2.13. The second kappa shape index (κ2) is 6.43. The minimum absolute atomic E-state index is 0.0809. The average Bonchev–Trinajstić information content (AvgIpc) is 2.84. The van der Waals surface area contributed by atoms with Gasteiger partial charge in [-0.1, -0.05) is 20.8 Å². The molecule has 0 saturated carbocycles. The van der Waals surface area contributed by atoms with E-state index >= 15 is 0 Å². The van der Waals surface area contributed by atoms with Crippen LogP contribution in [0.15, 0.2) is 17.1 Å². The van der Waals surface area contributed by atoms with Crippen LogP contribution in [0, 0.1) is 3.57 Å². The third kappa shape index (κ3) is 3.95. The van der Waals surface area contributed by atoms with E-state index in [4.69, 9.17) is 4.74 Å². The lowest BCUT2D eigenvalue weighted by molar-refractivity contribution is 0.118. The van der Waals surface area contributed by atoms with Gasteiger partial charge in [-0.2, -0.15) is 0 Å². The van der Waals surface area contributed by atoms with Crippen LogP contribution in [-0.4, -0.2) is 30.6 Å². The molecule has 1 unspecified atom stereocenters. The summed E-state index contributed by atoms with van der Waals surface area (Å²) < 4.78 is 6.66. The number of phenols is 1. The first-order chi connectivity index (χ1) is 9.38. The van der Waals surface area contributed by atoms with Gasteiger partial charge in [0.2, 0.25) is 0 Å². The van der Waals surface area contributed by atoms with Gasteiger partial charge >= 0.3 is 0 Å². The molecule has 20 heavy (non-hydrogen) atoms. The second-order valence-electron chi connectivity index (χ2n) is 6.27. The lowest BCUT2D eigenvalue weighted by Gasteiger charge is -2.21. The minimum Gasteiger partial charge on any atom is -0.507 e. The molecule has 0 spiro atoms. The highest BCUT2D eigenvalue weighted by molar-refractivity contribution is 14.1. The van der Waals surface area contributed by atoms with E-state index in [-0.39, 0.29) is 11.5 Å². The van der Waals surface area contributed by atoms with Gasteiger partial charge in [0.25, 0.3) is 0 Å². The van der Waals surface area contributed by atoms with Crippen molar-refractivity contribution in [2.75, 3.05) is 13.2 Å². The Morgan fingerprint density at radius 3 is 2.80 bits per heavy atom. The summed E-state index contributed by atoms with van der Waals surface area (Å²) in [4.78, 5) is 4.44. The molecule has 0 amide bonds. The Morgan fingerprint density at radius 1 is 1.45 bits per heavy atom. The molecule has 1 N–H and O–H groups in total. The van der Waals surface area contributed by atoms with Crippen LogP contribution in [0.2, 0.25) is 0 Å². The highest BCUT2D eigenvalue weighted by Gasteiger charge is 2.20. The van der Waals surface area contributed by atoms with Gasteiger partial charge in [0.1, 0.15) is 5.75 Å². The molecule has 1 aromatic carbocycles. The van der Waals surface area contributed by atoms with Crippen LogP contribution in [0.3, 0.4) is 0 Å². The molecule has 0 aliphatic carbocycles. The van der Waals surface area contributed by atoms with Crippen molar-refractivity contribution in [3.8, 4) is 5.75 Å². The summed E-state index contributed by atoms with van der Waals surface area (Å²) in [6.45, 7) is 7.83. The van der Waals surface area contributed by atoms with Crippen molar-refractivity contribution in [3.63, 3.8) is 0 Å². The molecule has 1 heterocycles. The van der Waals surface area contributed by atoms with Gasteiger partial charge in [-0.3, -0.25) is 4.99 Å². The molecule has 110 valence electrons. The fraction of sp³-hybridized carbons (Fsp3) is 0.562. The van der Waals surface area contributed by atoms with Gasteiger partial charge in [-0.25, -0.2) is 0 Å². The summed E-state index contributed by atoms with van der Waals surface area (Å²) in [6.07, 6.45) is 4.23. The Balaban J connectivity index is 2.18. The summed E-state index contributed by atoms with van der Waals surface area (Å²) in [5, 5.41) is 10.4. The summed E-state index contributed by atoms with van der Waals surface area (Å²) in [7, 11) is 0. The Bertz CT molecular complexity index is 500. The zero-order chi connectivity index (χ0) is 14.8. The zero-order valence-electron chi connectivity index (χ0n) is 12.3. The van der Waals surface area contributed by atoms with Crippen LogP contribution in [0.5, 0.6) is 5.75 Å². The van der Waals surface area contributed by atoms with Crippen LogP contribution in [0.25, 0.3) is 0 Å². The molecule has 3 nitrogen and oxygen atoms in total. The number of aromatic hydroxyl groups is 1. The summed E-state index contributed by atoms with van der Waals surface area (Å²) in [6, 6.07) is 4.00. The summed E-state index contributed by atoms with van der Waals surface area (Å²) >= 11 is 2.28. The summed E-state index contributed by atoms with van der Waals surface area (Å²) in [5.41, 5.74) is 1.67. The van der Waals surface area contributed by atoms with E-state index in [9.17, 15) is 5.11 Å². The van der Waals surface area contributed by atoms with Crippen LogP contribution < -0.4 is 0 Å². The fourth-order valence-electron chi connectivity index (χ4n) is 2.35. The Hall–Kier alpha value is -0.620. The third-order valence-corrected chi connectivity index (χ3v) is 4.10. The van der Waals surface area contributed by atoms with Gasteiger partial charge in [0.15, 0.2) is 0 Å². The highest BCUT2D eigenvalue weighted by Crippen LogP contribution is 2.34. The lowest BCUT2D eigenvalue weighted by atomic mass is 9.85. The van der Waals surface area contributed by atoms with Gasteiger partial charge in [0.05, 0.1) is 12.6 Å². The van der Waals surface area contributed by atoms with Crippen molar-refractivity contribution in [2.45, 2.75) is 45.1 Å². The van der Waals surface area contributed by atoms with Crippen molar-refractivity contribution in [3.05, 3.63) is 26.8 Å². The standard InChI is InChI=1S/C16H22INO2/c1-16(2,3)14-8-12(17)7-11(15(14)19)9-18-10-13-5-4-6-20-13/h7-9,13,19H,4-6,10H2,1-3H3. The van der Waals surface area contributed by atoms with E-state index in [2.05, 4.69) is 48.4 Å². The molecular formula is C16H22INO2. The number of phenolic OH excluding ortho intramolecular Hbond substituents is 1. The quantitative estimate of drug-likeness (QED) is 0.632. The Morgan fingerprint density at radius 2 is 2.20 bits per heavy atom. The van der Waals surface area contributed by atoms with Gasteiger partial charge in [-0.15, -0.1) is 0 Å². The first-order valence-electron chi connectivity index (χ1n) is 7.02. The smallest absolute Gasteiger partial charge is 0.128 e. The van der Waals surface area contributed by atoms with Crippen molar-refractivity contribution in [2.24, 2.45) is 4.99 Å². The van der Waals surface area contributed by atoms with E-state index in [0.29, 0.717) is 12.3 Å². The maximum atomic E-state index is 10.4. The molecule has 1 atom stereocenters. The molecule has 4 heteroatoms. The maximum absolute atomic E-state index is 10.4. The van der Waals surface area contributed by atoms with Crippen LogP contribution in [0.1, 0.15) is 44.7 Å². The van der Waals surface area contributed by atoms with Gasteiger partial charge in [-0.05, 0) is 53.0 Å². The number of halogens is 1. The minimum atomic E-state index is -0.0809. The van der Waals surface area contributed by atoms with E-state index in [1.807, 2.05) is 12.1 Å². The number of hydrogen-bond donors (Lipinski definition) is 1. The van der Waals surface area contributed by atoms with Crippen molar-refractivity contribution >= 4 is 28.8 Å². The van der Waals surface area contributed by atoms with Crippen LogP contribution in [-0.2, 0) is 10.2 Å². The van der Waals surface area contributed by atoms with E-state index in [0.717, 1.165) is 34.1 Å². The van der Waals surface area contributed by atoms with Crippen molar-refractivity contribution in [1.29, 1.82) is 0 Å². The van der Waals surface area contributed by atoms with Crippen LogP contribution >= 0.6 is 22.6 Å². The second-order valence-corrected chi connectivity index (χ2v) is 7.52. The third-order valence-electron chi connectivity index (χ3n) is 3.48.